The molecule has 12 heteroatoms. The number of halogens is 1. The lowest BCUT2D eigenvalue weighted by Crippen LogP contribution is -1.98. The van der Waals surface area contributed by atoms with Crippen LogP contribution >= 0.6 is 0 Å². The number of imidazole rings is 2. The second kappa shape index (κ2) is 6.90. The number of aromatic amines is 2. The van der Waals surface area contributed by atoms with Crippen molar-refractivity contribution < 1.29 is 9.13 Å². The van der Waals surface area contributed by atoms with E-state index in [0.717, 1.165) is 5.52 Å². The van der Waals surface area contributed by atoms with Crippen LogP contribution in [-0.4, -0.2) is 61.1 Å². The molecule has 0 atom stereocenters. The first-order valence-corrected chi connectivity index (χ1v) is 7.13. The number of hydrogen-bond acceptors (Lipinski definition) is 9. The third kappa shape index (κ3) is 3.22. The van der Waals surface area contributed by atoms with Crippen LogP contribution in [0.3, 0.4) is 0 Å². The fraction of sp³-hybridized carbons (Fsp3) is 0.231. The standard InChI is InChI=1S/C7H9N5O.C6H6FN5/c1-8-5-4-6(10-3-9-4)12-7(11-5)13-2;1-8-4-3-5(10-2-9-3)12-6(7)11-4/h3H,1-2H3,(H2,8,9,10,11,12);2H,1H3,(H2,8,9,10,11,12). The van der Waals surface area contributed by atoms with Gasteiger partial charge in [-0.15, -0.1) is 0 Å². The van der Waals surface area contributed by atoms with Gasteiger partial charge in [0.05, 0.1) is 19.8 Å². The second-order valence-electron chi connectivity index (χ2n) is 4.60. The summed E-state index contributed by atoms with van der Waals surface area (Å²) in [5, 5.41) is 5.66. The lowest BCUT2D eigenvalue weighted by Gasteiger charge is -2.02. The zero-order chi connectivity index (χ0) is 17.8. The van der Waals surface area contributed by atoms with Crippen molar-refractivity contribution >= 4 is 34.0 Å². The maximum atomic E-state index is 12.6. The molecule has 25 heavy (non-hydrogen) atoms. The SMILES string of the molecule is CNc1nc(F)nc2nc[nH]c12.CNc1nc(OC)nc2nc[nH]c12. The molecule has 4 N–H and O–H groups in total. The van der Waals surface area contributed by atoms with Crippen molar-refractivity contribution in [2.75, 3.05) is 31.8 Å². The zero-order valence-corrected chi connectivity index (χ0v) is 13.6. The van der Waals surface area contributed by atoms with Gasteiger partial charge in [0.1, 0.15) is 11.0 Å². The summed E-state index contributed by atoms with van der Waals surface area (Å²) in [7, 11) is 4.96. The van der Waals surface area contributed by atoms with Crippen molar-refractivity contribution in [3.63, 3.8) is 0 Å². The molecular weight excluding hydrogens is 331 g/mol. The van der Waals surface area contributed by atoms with Crippen molar-refractivity contribution in [1.82, 2.24) is 39.9 Å². The highest BCUT2D eigenvalue weighted by Gasteiger charge is 2.08. The van der Waals surface area contributed by atoms with Gasteiger partial charge in [-0.3, -0.25) is 0 Å². The van der Waals surface area contributed by atoms with Gasteiger partial charge >= 0.3 is 12.1 Å². The molecule has 4 rings (SSSR count). The van der Waals surface area contributed by atoms with E-state index in [9.17, 15) is 4.39 Å². The number of hydrogen-bond donors (Lipinski definition) is 4. The molecule has 0 unspecified atom stereocenters. The van der Waals surface area contributed by atoms with Gasteiger partial charge in [-0.2, -0.15) is 24.3 Å². The summed E-state index contributed by atoms with van der Waals surface area (Å²) in [5.41, 5.74) is 2.31. The van der Waals surface area contributed by atoms with Crippen LogP contribution in [0.25, 0.3) is 22.3 Å². The molecule has 0 bridgehead atoms. The Morgan fingerprint density at radius 1 is 0.880 bits per heavy atom. The molecule has 0 aliphatic heterocycles. The molecular formula is C13H15FN10O. The van der Waals surface area contributed by atoms with Gasteiger partial charge in [-0.1, -0.05) is 0 Å². The van der Waals surface area contributed by atoms with E-state index in [4.69, 9.17) is 4.74 Å². The molecule has 0 aliphatic rings. The summed E-state index contributed by atoms with van der Waals surface area (Å²) in [6.07, 6.45) is 2.23. The number of methoxy groups -OCH3 is 1. The molecule has 0 fully saturated rings. The summed E-state index contributed by atoms with van der Waals surface area (Å²) in [6.45, 7) is 0. The van der Waals surface area contributed by atoms with E-state index < -0.39 is 6.08 Å². The number of aromatic nitrogens is 8. The normalized spacial score (nSPS) is 10.4. The third-order valence-corrected chi connectivity index (χ3v) is 3.18. The van der Waals surface area contributed by atoms with E-state index in [2.05, 4.69) is 50.5 Å². The molecule has 0 saturated carbocycles. The van der Waals surface area contributed by atoms with Gasteiger partial charge < -0.3 is 25.3 Å². The first-order valence-electron chi connectivity index (χ1n) is 7.13. The Hall–Kier alpha value is -3.57. The van der Waals surface area contributed by atoms with Gasteiger partial charge in [-0.05, 0) is 0 Å². The lowest BCUT2D eigenvalue weighted by atomic mass is 10.5. The second-order valence-corrected chi connectivity index (χ2v) is 4.60. The molecule has 0 saturated heterocycles. The lowest BCUT2D eigenvalue weighted by molar-refractivity contribution is 0.382. The van der Waals surface area contributed by atoms with Crippen LogP contribution in [-0.2, 0) is 0 Å². The van der Waals surface area contributed by atoms with Crippen molar-refractivity contribution in [2.45, 2.75) is 0 Å². The molecule has 11 nitrogen and oxygen atoms in total. The zero-order valence-electron chi connectivity index (χ0n) is 13.6. The Labute approximate surface area is 140 Å². The van der Waals surface area contributed by atoms with Crippen LogP contribution in [0, 0.1) is 6.08 Å². The summed E-state index contributed by atoms with van der Waals surface area (Å²) in [5.74, 6) is 1.09. The molecule has 130 valence electrons. The number of fused-ring (bicyclic) bond motifs is 2. The predicted molar refractivity (Wildman–Crippen MR) is 89.0 cm³/mol. The molecule has 4 aromatic heterocycles. The maximum absolute atomic E-state index is 12.6. The molecule has 0 spiro atoms. The Balaban J connectivity index is 0.000000146. The summed E-state index contributed by atoms with van der Waals surface area (Å²) >= 11 is 0. The van der Waals surface area contributed by atoms with Gasteiger partial charge in [0.25, 0.3) is 0 Å². The average Bonchev–Trinajstić information content (AvgIpc) is 3.29. The smallest absolute Gasteiger partial charge is 0.320 e. The minimum atomic E-state index is -0.779. The Kier molecular flexibility index (Phi) is 4.50. The number of anilines is 2. The fourth-order valence-corrected chi connectivity index (χ4v) is 2.07. The molecule has 4 heterocycles. The molecule has 0 radical (unpaired) electrons. The van der Waals surface area contributed by atoms with Crippen molar-refractivity contribution in [3.05, 3.63) is 18.7 Å². The van der Waals surface area contributed by atoms with Crippen LogP contribution < -0.4 is 15.4 Å². The van der Waals surface area contributed by atoms with Gasteiger partial charge in [0.2, 0.25) is 0 Å². The number of ether oxygens (including phenoxy) is 1. The molecule has 0 amide bonds. The first-order chi connectivity index (χ1) is 12.2. The molecule has 4 aromatic rings. The van der Waals surface area contributed by atoms with E-state index in [1.165, 1.54) is 13.4 Å². The Bertz CT molecular complexity index is 997. The third-order valence-electron chi connectivity index (χ3n) is 3.18. The van der Waals surface area contributed by atoms with Gasteiger partial charge in [-0.25, -0.2) is 9.97 Å². The Morgan fingerprint density at radius 3 is 2.00 bits per heavy atom. The minimum Gasteiger partial charge on any atom is -0.467 e. The number of H-pyrrole nitrogens is 2. The van der Waals surface area contributed by atoms with E-state index in [1.54, 1.807) is 20.4 Å². The van der Waals surface area contributed by atoms with E-state index in [1.807, 2.05) is 0 Å². The van der Waals surface area contributed by atoms with Crippen molar-refractivity contribution in [2.24, 2.45) is 0 Å². The van der Waals surface area contributed by atoms with Crippen LogP contribution in [0.5, 0.6) is 6.01 Å². The van der Waals surface area contributed by atoms with Crippen LogP contribution in [0.4, 0.5) is 16.0 Å². The highest BCUT2D eigenvalue weighted by molar-refractivity contribution is 5.82. The fourth-order valence-electron chi connectivity index (χ4n) is 2.07. The van der Waals surface area contributed by atoms with Crippen molar-refractivity contribution in [1.29, 1.82) is 0 Å². The Morgan fingerprint density at radius 2 is 1.44 bits per heavy atom. The number of rotatable bonds is 3. The molecule has 0 aromatic carbocycles. The molecule has 0 aliphatic carbocycles. The van der Waals surface area contributed by atoms with E-state index in [0.29, 0.717) is 34.5 Å². The summed E-state index contributed by atoms with van der Waals surface area (Å²) < 4.78 is 17.6. The highest BCUT2D eigenvalue weighted by atomic mass is 19.1. The maximum Gasteiger partial charge on any atom is 0.320 e. The van der Waals surface area contributed by atoms with E-state index >= 15 is 0 Å². The quantitative estimate of drug-likeness (QED) is 0.398. The van der Waals surface area contributed by atoms with Crippen molar-refractivity contribution in [3.8, 4) is 6.01 Å². The number of nitrogens with one attached hydrogen (secondary N) is 4. The highest BCUT2D eigenvalue weighted by Crippen LogP contribution is 2.18. The van der Waals surface area contributed by atoms with Crippen LogP contribution in [0.1, 0.15) is 0 Å². The van der Waals surface area contributed by atoms with E-state index in [-0.39, 0.29) is 0 Å². The first kappa shape index (κ1) is 16.3. The summed E-state index contributed by atoms with van der Waals surface area (Å²) in [6, 6.07) is 0.309. The van der Waals surface area contributed by atoms with Crippen LogP contribution in [0.2, 0.25) is 0 Å². The predicted octanol–water partition coefficient (Wildman–Crippen LogP) is 0.937. The minimum absolute atomic E-state index is 0.309. The number of nitrogens with zero attached hydrogens (tertiary/aromatic N) is 6. The summed E-state index contributed by atoms with van der Waals surface area (Å²) in [4.78, 5) is 28.7. The largest absolute Gasteiger partial charge is 0.467 e. The average molecular weight is 346 g/mol. The monoisotopic (exact) mass is 346 g/mol. The van der Waals surface area contributed by atoms with Gasteiger partial charge in [0, 0.05) is 14.1 Å². The van der Waals surface area contributed by atoms with Gasteiger partial charge in [0.15, 0.2) is 22.9 Å². The van der Waals surface area contributed by atoms with Crippen LogP contribution in [0.15, 0.2) is 12.7 Å². The topological polar surface area (TPSA) is 142 Å².